The number of hydrogen-bond acceptors (Lipinski definition) is 4. The van der Waals surface area contributed by atoms with Crippen molar-refractivity contribution in [2.24, 2.45) is 0 Å². The number of anilines is 1. The van der Waals surface area contributed by atoms with Crippen LogP contribution in [0.4, 0.5) is 5.69 Å². The van der Waals surface area contributed by atoms with E-state index < -0.39 is 28.5 Å². The molecule has 3 aromatic rings. The smallest absolute Gasteiger partial charge is 0.244 e. The number of hydrogen-bond donors (Lipinski definition) is 1. The highest BCUT2D eigenvalue weighted by Gasteiger charge is 2.33. The van der Waals surface area contributed by atoms with Crippen molar-refractivity contribution < 1.29 is 18.0 Å². The van der Waals surface area contributed by atoms with E-state index in [2.05, 4.69) is 27.9 Å². The number of rotatable bonds is 11. The lowest BCUT2D eigenvalue weighted by atomic mass is 10.0. The van der Waals surface area contributed by atoms with Gasteiger partial charge in [0.15, 0.2) is 0 Å². The van der Waals surface area contributed by atoms with Gasteiger partial charge in [-0.2, -0.15) is 0 Å². The van der Waals surface area contributed by atoms with Gasteiger partial charge in [-0.3, -0.25) is 13.9 Å². The monoisotopic (exact) mass is 667 g/mol. The molecule has 3 rings (SSSR count). The van der Waals surface area contributed by atoms with Crippen molar-refractivity contribution in [2.75, 3.05) is 17.1 Å². The quantitative estimate of drug-likeness (QED) is 0.296. The number of nitrogens with zero attached hydrogens (tertiary/aromatic N) is 2. The largest absolute Gasteiger partial charge is 0.352 e. The van der Waals surface area contributed by atoms with Gasteiger partial charge in [-0.25, -0.2) is 8.42 Å². The third kappa shape index (κ3) is 8.71. The number of amides is 2. The van der Waals surface area contributed by atoms with Crippen molar-refractivity contribution in [3.63, 3.8) is 0 Å². The molecule has 0 fully saturated rings. The summed E-state index contributed by atoms with van der Waals surface area (Å²) in [4.78, 5) is 28.9. The van der Waals surface area contributed by atoms with E-state index in [4.69, 9.17) is 11.6 Å². The van der Waals surface area contributed by atoms with Gasteiger partial charge in [-0.15, -0.1) is 0 Å². The third-order valence-electron chi connectivity index (χ3n) is 5.76. The fourth-order valence-corrected chi connectivity index (χ4v) is 5.28. The highest BCUT2D eigenvalue weighted by atomic mass is 127. The molecule has 1 N–H and O–H groups in total. The number of halogens is 2. The molecule has 0 aliphatic carbocycles. The number of carbonyl (C=O) groups excluding carboxylic acids is 2. The average molecular weight is 668 g/mol. The van der Waals surface area contributed by atoms with E-state index in [0.717, 1.165) is 25.3 Å². The summed E-state index contributed by atoms with van der Waals surface area (Å²) in [6.45, 7) is 3.35. The number of sulfonamides is 1. The van der Waals surface area contributed by atoms with E-state index in [0.29, 0.717) is 10.7 Å². The first-order valence-electron chi connectivity index (χ1n) is 12.1. The Morgan fingerprint density at radius 1 is 0.921 bits per heavy atom. The molecule has 0 aromatic heterocycles. The van der Waals surface area contributed by atoms with Gasteiger partial charge in [0.1, 0.15) is 12.6 Å². The second-order valence-electron chi connectivity index (χ2n) is 9.26. The summed E-state index contributed by atoms with van der Waals surface area (Å²) >= 11 is 8.20. The van der Waals surface area contributed by atoms with Crippen molar-refractivity contribution >= 4 is 61.7 Å². The van der Waals surface area contributed by atoms with Crippen LogP contribution < -0.4 is 9.62 Å². The Balaban J connectivity index is 2.04. The molecule has 0 aliphatic rings. The van der Waals surface area contributed by atoms with Crippen molar-refractivity contribution in [3.05, 3.63) is 98.6 Å². The van der Waals surface area contributed by atoms with Crippen LogP contribution in [0.25, 0.3) is 0 Å². The summed E-state index contributed by atoms with van der Waals surface area (Å²) in [5, 5.41) is 3.48. The maximum absolute atomic E-state index is 13.9. The first-order valence-corrected chi connectivity index (χ1v) is 15.4. The zero-order valence-corrected chi connectivity index (χ0v) is 25.2. The zero-order valence-electron chi connectivity index (χ0n) is 21.5. The Hall–Kier alpha value is -2.63. The molecule has 3 aromatic carbocycles. The molecule has 0 aliphatic heterocycles. The van der Waals surface area contributed by atoms with E-state index in [9.17, 15) is 18.0 Å². The predicted octanol–water partition coefficient (Wildman–Crippen LogP) is 4.88. The van der Waals surface area contributed by atoms with Crippen molar-refractivity contribution in [2.45, 2.75) is 38.9 Å². The summed E-state index contributed by atoms with van der Waals surface area (Å²) < 4.78 is 27.5. The minimum atomic E-state index is -3.80. The Kier molecular flexibility index (Phi) is 10.6. The van der Waals surface area contributed by atoms with Crippen LogP contribution in [0.3, 0.4) is 0 Å². The molecule has 202 valence electrons. The second-order valence-corrected chi connectivity index (χ2v) is 12.9. The highest BCUT2D eigenvalue weighted by Crippen LogP contribution is 2.22. The van der Waals surface area contributed by atoms with Gasteiger partial charge in [-0.1, -0.05) is 54.1 Å². The lowest BCUT2D eigenvalue weighted by Gasteiger charge is -2.34. The van der Waals surface area contributed by atoms with E-state index in [1.807, 2.05) is 44.2 Å². The Morgan fingerprint density at radius 3 is 2.08 bits per heavy atom. The first-order chi connectivity index (χ1) is 17.9. The van der Waals surface area contributed by atoms with Gasteiger partial charge >= 0.3 is 0 Å². The molecule has 38 heavy (non-hydrogen) atoms. The maximum atomic E-state index is 13.9. The van der Waals surface area contributed by atoms with Crippen LogP contribution in [0.2, 0.25) is 5.02 Å². The molecule has 0 spiro atoms. The summed E-state index contributed by atoms with van der Waals surface area (Å²) in [6, 6.07) is 22.3. The summed E-state index contributed by atoms with van der Waals surface area (Å²) in [6.07, 6.45) is 1.33. The topological polar surface area (TPSA) is 86.8 Å². The van der Waals surface area contributed by atoms with Crippen LogP contribution in [-0.2, 0) is 32.6 Å². The molecular weight excluding hydrogens is 637 g/mol. The highest BCUT2D eigenvalue weighted by molar-refractivity contribution is 14.1. The van der Waals surface area contributed by atoms with Crippen LogP contribution in [-0.4, -0.2) is 50.0 Å². The SMILES string of the molecule is CC(C)NC(=O)[C@H](Cc1ccccc1)N(Cc1ccc(Cl)cc1)C(=O)CN(c1ccc(I)cc1)S(C)(=O)=O. The van der Waals surface area contributed by atoms with Gasteiger partial charge < -0.3 is 10.2 Å². The normalized spacial score (nSPS) is 12.2. The van der Waals surface area contributed by atoms with Crippen LogP contribution in [0.1, 0.15) is 25.0 Å². The average Bonchev–Trinajstić information content (AvgIpc) is 2.86. The summed E-state index contributed by atoms with van der Waals surface area (Å²) in [5.74, 6) is -0.810. The zero-order chi connectivity index (χ0) is 27.9. The summed E-state index contributed by atoms with van der Waals surface area (Å²) in [7, 11) is -3.80. The molecule has 0 unspecified atom stereocenters. The van der Waals surface area contributed by atoms with E-state index in [-0.39, 0.29) is 24.9 Å². The van der Waals surface area contributed by atoms with Gasteiger partial charge in [0.05, 0.1) is 11.9 Å². The molecule has 7 nitrogen and oxygen atoms in total. The fourth-order valence-electron chi connectivity index (χ4n) is 3.94. The van der Waals surface area contributed by atoms with Crippen LogP contribution in [0, 0.1) is 3.57 Å². The van der Waals surface area contributed by atoms with Crippen LogP contribution >= 0.6 is 34.2 Å². The Bertz CT molecular complexity index is 1330. The summed E-state index contributed by atoms with van der Waals surface area (Å²) in [5.41, 5.74) is 2.01. The Labute approximate surface area is 243 Å². The molecule has 0 saturated carbocycles. The third-order valence-corrected chi connectivity index (χ3v) is 7.87. The maximum Gasteiger partial charge on any atom is 0.244 e. The minimum Gasteiger partial charge on any atom is -0.352 e. The van der Waals surface area contributed by atoms with Gasteiger partial charge in [0.25, 0.3) is 0 Å². The lowest BCUT2D eigenvalue weighted by molar-refractivity contribution is -0.140. The first kappa shape index (κ1) is 29.9. The predicted molar refractivity (Wildman–Crippen MR) is 161 cm³/mol. The van der Waals surface area contributed by atoms with Crippen LogP contribution in [0.15, 0.2) is 78.9 Å². The van der Waals surface area contributed by atoms with Crippen molar-refractivity contribution in [1.82, 2.24) is 10.2 Å². The number of carbonyl (C=O) groups is 2. The van der Waals surface area contributed by atoms with E-state index in [1.165, 1.54) is 4.90 Å². The van der Waals surface area contributed by atoms with Gasteiger partial charge in [0, 0.05) is 27.6 Å². The number of nitrogens with one attached hydrogen (secondary N) is 1. The van der Waals surface area contributed by atoms with Gasteiger partial charge in [0.2, 0.25) is 21.8 Å². The molecule has 1 atom stereocenters. The molecule has 0 saturated heterocycles. The lowest BCUT2D eigenvalue weighted by Crippen LogP contribution is -2.54. The standard InChI is InChI=1S/C28H31ClIN3O4S/c1-20(2)31-28(35)26(17-21-7-5-4-6-8-21)32(18-22-9-11-23(29)12-10-22)27(34)19-33(38(3,36)37)25-15-13-24(30)14-16-25/h4-16,20,26H,17-19H2,1-3H3,(H,31,35)/t26-/m0/s1. The van der Waals surface area contributed by atoms with Gasteiger partial charge in [-0.05, 0) is 84.0 Å². The molecule has 0 radical (unpaired) electrons. The number of benzene rings is 3. The minimum absolute atomic E-state index is 0.101. The molecule has 2 amide bonds. The van der Waals surface area contributed by atoms with E-state index in [1.54, 1.807) is 48.5 Å². The van der Waals surface area contributed by atoms with Crippen molar-refractivity contribution in [1.29, 1.82) is 0 Å². The molecule has 0 bridgehead atoms. The second kappa shape index (κ2) is 13.4. The molecule has 0 heterocycles. The van der Waals surface area contributed by atoms with Crippen molar-refractivity contribution in [3.8, 4) is 0 Å². The molecular formula is C28H31ClIN3O4S. The van der Waals surface area contributed by atoms with E-state index >= 15 is 0 Å². The Morgan fingerprint density at radius 2 is 1.53 bits per heavy atom. The van der Waals surface area contributed by atoms with Crippen LogP contribution in [0.5, 0.6) is 0 Å². The molecule has 10 heteroatoms. The fraction of sp³-hybridized carbons (Fsp3) is 0.286.